The van der Waals surface area contributed by atoms with Gasteiger partial charge in [0.25, 0.3) is 0 Å². The third kappa shape index (κ3) is 4.79. The van der Waals surface area contributed by atoms with Gasteiger partial charge in [0.1, 0.15) is 0 Å². The second kappa shape index (κ2) is 10.2. The maximum absolute atomic E-state index is 12.5. The molecule has 4 aromatic carbocycles. The maximum Gasteiger partial charge on any atom is 0.237 e. The van der Waals surface area contributed by atoms with E-state index in [1.165, 1.54) is 66.8 Å². The summed E-state index contributed by atoms with van der Waals surface area (Å²) in [7, 11) is 1.90. The summed E-state index contributed by atoms with van der Waals surface area (Å²) in [6.45, 7) is 13.4. The molecule has 5 rings (SSSR count). The first-order chi connectivity index (χ1) is 18.1. The minimum absolute atomic E-state index is 0.0231. The Kier molecular flexibility index (Phi) is 6.98. The van der Waals surface area contributed by atoms with Crippen LogP contribution in [-0.2, 0) is 4.79 Å². The Balaban J connectivity index is 1.54. The lowest BCUT2D eigenvalue weighted by Gasteiger charge is -2.30. The fourth-order valence-electron chi connectivity index (χ4n) is 6.49. The van der Waals surface area contributed by atoms with Crippen LogP contribution >= 0.6 is 0 Å². The fourth-order valence-corrected chi connectivity index (χ4v) is 6.49. The molecule has 3 heteroatoms. The van der Waals surface area contributed by atoms with E-state index in [4.69, 9.17) is 0 Å². The molecule has 1 aliphatic rings. The molecule has 1 N–H and O–H groups in total. The minimum Gasteiger partial charge on any atom is -0.328 e. The van der Waals surface area contributed by atoms with E-state index in [-0.39, 0.29) is 18.0 Å². The lowest BCUT2D eigenvalue weighted by molar-refractivity contribution is -0.126. The molecule has 1 fully saturated rings. The second-order valence-corrected chi connectivity index (χ2v) is 11.1. The Bertz CT molecular complexity index is 1350. The number of rotatable bonds is 5. The molecule has 1 saturated heterocycles. The summed E-state index contributed by atoms with van der Waals surface area (Å²) in [6.07, 6.45) is -0.0927. The van der Waals surface area contributed by atoms with Crippen molar-refractivity contribution in [2.45, 2.75) is 53.6 Å². The van der Waals surface area contributed by atoms with E-state index in [2.05, 4.69) is 120 Å². The van der Waals surface area contributed by atoms with Crippen molar-refractivity contribution in [2.24, 2.45) is 0 Å². The zero-order valence-electron chi connectivity index (χ0n) is 23.6. The monoisotopic (exact) mass is 502 g/mol. The van der Waals surface area contributed by atoms with Crippen molar-refractivity contribution in [3.8, 4) is 22.3 Å². The summed E-state index contributed by atoms with van der Waals surface area (Å²) < 4.78 is 0. The standard InChI is InChI=1S/C35H38N2O/c1-21-16-23(3)32(24(4)17-21)27-8-12-29(13-9-27)34(35-36-20-31(38)37(35)7)30-14-10-28(11-15-30)33-25(5)18-22(2)19-26(33)6/h8-19,34-36H,20H2,1-7H3/t35-/m1/s1. The number of hydrogen-bond donors (Lipinski definition) is 1. The number of carbonyl (C=O) groups is 1. The highest BCUT2D eigenvalue weighted by atomic mass is 16.2. The lowest BCUT2D eigenvalue weighted by atomic mass is 9.85. The summed E-state index contributed by atoms with van der Waals surface area (Å²) in [5, 5.41) is 3.47. The number of aryl methyl sites for hydroxylation is 6. The molecule has 4 aromatic rings. The predicted molar refractivity (Wildman–Crippen MR) is 159 cm³/mol. The van der Waals surface area contributed by atoms with Crippen molar-refractivity contribution in [1.29, 1.82) is 0 Å². The molecule has 1 aliphatic heterocycles. The highest BCUT2D eigenvalue weighted by Gasteiger charge is 2.35. The molecule has 0 unspecified atom stereocenters. The quantitative estimate of drug-likeness (QED) is 0.309. The van der Waals surface area contributed by atoms with Crippen LogP contribution in [0.1, 0.15) is 50.4 Å². The summed E-state index contributed by atoms with van der Waals surface area (Å²) in [5.74, 6) is 0.153. The van der Waals surface area contributed by atoms with E-state index >= 15 is 0 Å². The number of nitrogens with zero attached hydrogens (tertiary/aromatic N) is 1. The number of carbonyl (C=O) groups excluding carboxylic acids is 1. The van der Waals surface area contributed by atoms with E-state index < -0.39 is 0 Å². The topological polar surface area (TPSA) is 32.3 Å². The van der Waals surface area contributed by atoms with Crippen LogP contribution in [0.4, 0.5) is 0 Å². The molecule has 1 heterocycles. The smallest absolute Gasteiger partial charge is 0.237 e. The van der Waals surface area contributed by atoms with Gasteiger partial charge in [-0.15, -0.1) is 0 Å². The lowest BCUT2D eigenvalue weighted by Crippen LogP contribution is -2.40. The van der Waals surface area contributed by atoms with Crippen LogP contribution in [0.3, 0.4) is 0 Å². The van der Waals surface area contributed by atoms with Crippen LogP contribution in [0.25, 0.3) is 22.3 Å². The Morgan fingerprint density at radius 2 is 1.03 bits per heavy atom. The number of amides is 1. The SMILES string of the molecule is Cc1cc(C)c(-c2ccc(C(c3ccc(-c4c(C)cc(C)cc4C)cc3)[C@@H]3NCC(=O)N3C)cc2)c(C)c1. The number of benzene rings is 4. The van der Waals surface area contributed by atoms with E-state index in [1.807, 2.05) is 11.9 Å². The fraction of sp³-hybridized carbons (Fsp3) is 0.286. The average molecular weight is 503 g/mol. The Hall–Kier alpha value is -3.69. The third-order valence-corrected chi connectivity index (χ3v) is 8.06. The van der Waals surface area contributed by atoms with E-state index in [0.717, 1.165) is 0 Å². The van der Waals surface area contributed by atoms with Crippen molar-refractivity contribution in [1.82, 2.24) is 10.2 Å². The van der Waals surface area contributed by atoms with Crippen LogP contribution in [0.15, 0.2) is 72.8 Å². The van der Waals surface area contributed by atoms with Gasteiger partial charge < -0.3 is 4.90 Å². The number of hydrogen-bond acceptors (Lipinski definition) is 2. The van der Waals surface area contributed by atoms with Gasteiger partial charge >= 0.3 is 0 Å². The van der Waals surface area contributed by atoms with Crippen molar-refractivity contribution in [3.05, 3.63) is 117 Å². The summed E-state index contributed by atoms with van der Waals surface area (Å²) in [6, 6.07) is 26.9. The molecule has 1 amide bonds. The first-order valence-electron chi connectivity index (χ1n) is 13.5. The van der Waals surface area contributed by atoms with Gasteiger partial charge in [-0.2, -0.15) is 0 Å². The zero-order valence-corrected chi connectivity index (χ0v) is 23.6. The van der Waals surface area contributed by atoms with Gasteiger partial charge in [-0.1, -0.05) is 83.9 Å². The highest BCUT2D eigenvalue weighted by molar-refractivity contribution is 5.81. The predicted octanol–water partition coefficient (Wildman–Crippen LogP) is 7.39. The van der Waals surface area contributed by atoms with Gasteiger partial charge in [0.15, 0.2) is 0 Å². The molecule has 194 valence electrons. The third-order valence-electron chi connectivity index (χ3n) is 8.06. The molecule has 0 saturated carbocycles. The molecule has 0 aromatic heterocycles. The molecular formula is C35H38N2O. The van der Waals surface area contributed by atoms with Gasteiger partial charge in [0, 0.05) is 13.0 Å². The second-order valence-electron chi connectivity index (χ2n) is 11.1. The van der Waals surface area contributed by atoms with Gasteiger partial charge in [-0.05, 0) is 97.2 Å². The summed E-state index contributed by atoms with van der Waals surface area (Å²) >= 11 is 0. The normalized spacial score (nSPS) is 15.5. The van der Waals surface area contributed by atoms with Gasteiger partial charge in [0.2, 0.25) is 5.91 Å². The van der Waals surface area contributed by atoms with Gasteiger partial charge in [-0.3, -0.25) is 10.1 Å². The molecular weight excluding hydrogens is 464 g/mol. The van der Waals surface area contributed by atoms with E-state index in [0.29, 0.717) is 6.54 Å². The molecule has 0 bridgehead atoms. The maximum atomic E-state index is 12.5. The first-order valence-corrected chi connectivity index (χ1v) is 13.5. The van der Waals surface area contributed by atoms with Crippen LogP contribution < -0.4 is 5.32 Å². The summed E-state index contributed by atoms with van der Waals surface area (Å²) in [5.41, 5.74) is 15.2. The Labute approximate surface area is 227 Å². The largest absolute Gasteiger partial charge is 0.328 e. The molecule has 0 aliphatic carbocycles. The van der Waals surface area contributed by atoms with Gasteiger partial charge in [0.05, 0.1) is 12.7 Å². The number of likely N-dealkylation sites (N-methyl/N-ethyl adjacent to an activating group) is 1. The Morgan fingerprint density at radius 1 is 0.658 bits per heavy atom. The molecule has 0 radical (unpaired) electrons. The number of nitrogens with one attached hydrogen (secondary N) is 1. The van der Waals surface area contributed by atoms with Crippen molar-refractivity contribution >= 4 is 5.91 Å². The molecule has 38 heavy (non-hydrogen) atoms. The molecule has 3 nitrogen and oxygen atoms in total. The van der Waals surface area contributed by atoms with Crippen molar-refractivity contribution < 1.29 is 4.79 Å². The average Bonchev–Trinajstić information content (AvgIpc) is 3.18. The van der Waals surface area contributed by atoms with Gasteiger partial charge in [-0.25, -0.2) is 0 Å². The van der Waals surface area contributed by atoms with Crippen LogP contribution in [0.5, 0.6) is 0 Å². The van der Waals surface area contributed by atoms with Crippen molar-refractivity contribution in [3.63, 3.8) is 0 Å². The first kappa shape index (κ1) is 25.9. The van der Waals surface area contributed by atoms with E-state index in [9.17, 15) is 4.79 Å². The zero-order chi connectivity index (χ0) is 27.1. The minimum atomic E-state index is -0.0927. The Morgan fingerprint density at radius 3 is 1.34 bits per heavy atom. The van der Waals surface area contributed by atoms with Crippen molar-refractivity contribution in [2.75, 3.05) is 13.6 Å². The molecule has 1 atom stereocenters. The summed E-state index contributed by atoms with van der Waals surface area (Å²) in [4.78, 5) is 14.4. The molecule has 0 spiro atoms. The highest BCUT2D eigenvalue weighted by Crippen LogP contribution is 2.36. The van der Waals surface area contributed by atoms with Crippen LogP contribution in [-0.4, -0.2) is 30.6 Å². The van der Waals surface area contributed by atoms with Crippen LogP contribution in [0.2, 0.25) is 0 Å². The van der Waals surface area contributed by atoms with E-state index in [1.54, 1.807) is 0 Å². The van der Waals surface area contributed by atoms with Crippen LogP contribution in [0, 0.1) is 41.5 Å².